The summed E-state index contributed by atoms with van der Waals surface area (Å²) in [6.07, 6.45) is 2.45. The van der Waals surface area contributed by atoms with Gasteiger partial charge in [0.2, 0.25) is 5.88 Å². The van der Waals surface area contributed by atoms with Crippen LogP contribution in [-0.4, -0.2) is 34.6 Å². The average Bonchev–Trinajstić information content (AvgIpc) is 2.17. The molecule has 1 aromatic rings. The first-order valence-corrected chi connectivity index (χ1v) is 6.14. The van der Waals surface area contributed by atoms with Gasteiger partial charge in [0.1, 0.15) is 6.33 Å². The van der Waals surface area contributed by atoms with E-state index in [1.165, 1.54) is 6.33 Å². The van der Waals surface area contributed by atoms with Crippen LogP contribution in [0.3, 0.4) is 0 Å². The molecule has 0 fully saturated rings. The molecule has 1 unspecified atom stereocenters. The van der Waals surface area contributed by atoms with Crippen LogP contribution in [0, 0.1) is 0 Å². The molecule has 1 heterocycles. The van der Waals surface area contributed by atoms with Gasteiger partial charge in [0.25, 0.3) is 0 Å². The lowest BCUT2D eigenvalue weighted by molar-refractivity contribution is 0.200. The highest BCUT2D eigenvalue weighted by molar-refractivity contribution is 9.09. The molecule has 0 aliphatic carbocycles. The lowest BCUT2D eigenvalue weighted by Crippen LogP contribution is -2.12. The Morgan fingerprint density at radius 3 is 2.75 bits per heavy atom. The second kappa shape index (κ2) is 6.81. The summed E-state index contributed by atoms with van der Waals surface area (Å²) in [5, 5.41) is 0. The number of hydrogen-bond donors (Lipinski definition) is 0. The zero-order valence-electron chi connectivity index (χ0n) is 9.81. The summed E-state index contributed by atoms with van der Waals surface area (Å²) in [6, 6.07) is 1.86. The molecule has 0 aromatic carbocycles. The van der Waals surface area contributed by atoms with E-state index in [0.29, 0.717) is 12.5 Å². The average molecular weight is 289 g/mol. The highest BCUT2D eigenvalue weighted by Gasteiger charge is 2.08. The first kappa shape index (κ1) is 13.4. The van der Waals surface area contributed by atoms with E-state index in [2.05, 4.69) is 25.9 Å². The minimum absolute atomic E-state index is 0.126. The number of ether oxygens (including phenoxy) is 2. The minimum Gasteiger partial charge on any atom is -0.475 e. The maximum Gasteiger partial charge on any atom is 0.216 e. The Kier molecular flexibility index (Phi) is 5.69. The van der Waals surface area contributed by atoms with Gasteiger partial charge < -0.3 is 9.47 Å². The Hall–Kier alpha value is -0.680. The standard InChI is InChI=1S/C11H17BrN2O2/c1-8(2)16-11-5-10(13-7-14-11)4-9(12)6-15-3/h5,7-9H,4,6H2,1-3H3. The highest BCUT2D eigenvalue weighted by Crippen LogP contribution is 2.13. The van der Waals surface area contributed by atoms with Crippen molar-refractivity contribution < 1.29 is 9.47 Å². The molecule has 0 aliphatic heterocycles. The molecular weight excluding hydrogens is 272 g/mol. The first-order chi connectivity index (χ1) is 7.61. The van der Waals surface area contributed by atoms with Crippen LogP contribution in [0.2, 0.25) is 0 Å². The first-order valence-electron chi connectivity index (χ1n) is 5.22. The Bertz CT molecular complexity index is 321. The van der Waals surface area contributed by atoms with Crippen molar-refractivity contribution >= 4 is 15.9 Å². The zero-order valence-corrected chi connectivity index (χ0v) is 11.4. The Balaban J connectivity index is 2.59. The van der Waals surface area contributed by atoms with Gasteiger partial charge in [-0.15, -0.1) is 0 Å². The smallest absolute Gasteiger partial charge is 0.216 e. The van der Waals surface area contributed by atoms with Crippen molar-refractivity contribution in [2.75, 3.05) is 13.7 Å². The SMILES string of the molecule is COCC(Br)Cc1cc(OC(C)C)ncn1. The lowest BCUT2D eigenvalue weighted by atomic mass is 10.2. The summed E-state index contributed by atoms with van der Waals surface area (Å²) >= 11 is 3.52. The van der Waals surface area contributed by atoms with Crippen molar-refractivity contribution in [3.8, 4) is 5.88 Å². The van der Waals surface area contributed by atoms with Crippen LogP contribution in [0.15, 0.2) is 12.4 Å². The molecule has 5 heteroatoms. The third-order valence-electron chi connectivity index (χ3n) is 1.83. The van der Waals surface area contributed by atoms with Gasteiger partial charge in [-0.25, -0.2) is 9.97 Å². The van der Waals surface area contributed by atoms with Gasteiger partial charge in [0.15, 0.2) is 0 Å². The predicted octanol–water partition coefficient (Wildman–Crippen LogP) is 2.22. The fourth-order valence-corrected chi connectivity index (χ4v) is 1.86. The Morgan fingerprint density at radius 2 is 2.12 bits per heavy atom. The van der Waals surface area contributed by atoms with Gasteiger partial charge >= 0.3 is 0 Å². The molecule has 1 rings (SSSR count). The summed E-state index contributed by atoms with van der Waals surface area (Å²) in [7, 11) is 1.68. The summed E-state index contributed by atoms with van der Waals surface area (Å²) < 4.78 is 10.5. The van der Waals surface area contributed by atoms with E-state index < -0.39 is 0 Å². The van der Waals surface area contributed by atoms with Gasteiger partial charge in [-0.1, -0.05) is 15.9 Å². The van der Waals surface area contributed by atoms with Crippen molar-refractivity contribution in [3.05, 3.63) is 18.1 Å². The molecule has 0 N–H and O–H groups in total. The van der Waals surface area contributed by atoms with Crippen molar-refractivity contribution in [1.82, 2.24) is 9.97 Å². The number of halogens is 1. The van der Waals surface area contributed by atoms with E-state index in [1.807, 2.05) is 19.9 Å². The van der Waals surface area contributed by atoms with Crippen molar-refractivity contribution in [2.24, 2.45) is 0 Å². The van der Waals surface area contributed by atoms with Crippen molar-refractivity contribution in [3.63, 3.8) is 0 Å². The third-order valence-corrected chi connectivity index (χ3v) is 2.42. The molecule has 16 heavy (non-hydrogen) atoms. The van der Waals surface area contributed by atoms with Crippen LogP contribution in [0.4, 0.5) is 0 Å². The second-order valence-electron chi connectivity index (χ2n) is 3.77. The number of rotatable bonds is 6. The van der Waals surface area contributed by atoms with E-state index in [4.69, 9.17) is 9.47 Å². The van der Waals surface area contributed by atoms with Crippen LogP contribution in [0.1, 0.15) is 19.5 Å². The monoisotopic (exact) mass is 288 g/mol. The zero-order chi connectivity index (χ0) is 12.0. The van der Waals surface area contributed by atoms with E-state index in [-0.39, 0.29) is 10.9 Å². The molecule has 0 saturated carbocycles. The van der Waals surface area contributed by atoms with E-state index in [9.17, 15) is 0 Å². The van der Waals surface area contributed by atoms with Crippen LogP contribution < -0.4 is 4.74 Å². The number of nitrogens with zero attached hydrogens (tertiary/aromatic N) is 2. The minimum atomic E-state index is 0.126. The molecular formula is C11H17BrN2O2. The molecule has 0 amide bonds. The van der Waals surface area contributed by atoms with Gasteiger partial charge in [-0.2, -0.15) is 0 Å². The summed E-state index contributed by atoms with van der Waals surface area (Å²) in [4.78, 5) is 8.51. The topological polar surface area (TPSA) is 44.2 Å². The van der Waals surface area contributed by atoms with Crippen LogP contribution in [0.5, 0.6) is 5.88 Å². The number of aromatic nitrogens is 2. The summed E-state index contributed by atoms with van der Waals surface area (Å²) in [6.45, 7) is 4.60. The molecule has 90 valence electrons. The van der Waals surface area contributed by atoms with Gasteiger partial charge in [-0.3, -0.25) is 0 Å². The molecule has 0 spiro atoms. The Labute approximate surface area is 105 Å². The van der Waals surface area contributed by atoms with Gasteiger partial charge in [0, 0.05) is 30.1 Å². The number of methoxy groups -OCH3 is 1. The van der Waals surface area contributed by atoms with Crippen molar-refractivity contribution in [1.29, 1.82) is 0 Å². The quantitative estimate of drug-likeness (QED) is 0.753. The van der Waals surface area contributed by atoms with Crippen molar-refractivity contribution in [2.45, 2.75) is 31.2 Å². The normalized spacial score (nSPS) is 12.8. The molecule has 4 nitrogen and oxygen atoms in total. The molecule has 1 aromatic heterocycles. The van der Waals surface area contributed by atoms with Gasteiger partial charge in [0.05, 0.1) is 12.7 Å². The predicted molar refractivity (Wildman–Crippen MR) is 66.1 cm³/mol. The maximum absolute atomic E-state index is 5.50. The number of hydrogen-bond acceptors (Lipinski definition) is 4. The molecule has 0 radical (unpaired) electrons. The van der Waals surface area contributed by atoms with E-state index in [0.717, 1.165) is 12.1 Å². The fraction of sp³-hybridized carbons (Fsp3) is 0.636. The van der Waals surface area contributed by atoms with E-state index >= 15 is 0 Å². The largest absolute Gasteiger partial charge is 0.475 e. The Morgan fingerprint density at radius 1 is 1.38 bits per heavy atom. The molecule has 0 aliphatic rings. The third kappa shape index (κ3) is 4.90. The van der Waals surface area contributed by atoms with Crippen LogP contribution in [0.25, 0.3) is 0 Å². The maximum atomic E-state index is 5.50. The second-order valence-corrected chi connectivity index (χ2v) is 5.07. The summed E-state index contributed by atoms with van der Waals surface area (Å²) in [5.74, 6) is 0.622. The van der Waals surface area contributed by atoms with E-state index in [1.54, 1.807) is 7.11 Å². The fourth-order valence-electron chi connectivity index (χ4n) is 1.26. The van der Waals surface area contributed by atoms with Crippen LogP contribution in [-0.2, 0) is 11.2 Å². The molecule has 0 saturated heterocycles. The van der Waals surface area contributed by atoms with Crippen LogP contribution >= 0.6 is 15.9 Å². The molecule has 1 atom stereocenters. The highest BCUT2D eigenvalue weighted by atomic mass is 79.9. The lowest BCUT2D eigenvalue weighted by Gasteiger charge is -2.10. The number of alkyl halides is 1. The van der Waals surface area contributed by atoms with Gasteiger partial charge in [-0.05, 0) is 13.8 Å². The summed E-state index contributed by atoms with van der Waals surface area (Å²) in [5.41, 5.74) is 0.949. The molecule has 0 bridgehead atoms.